The second kappa shape index (κ2) is 2.54. The number of hydrogen-bond donors (Lipinski definition) is 1. The van der Waals surface area contributed by atoms with Crippen LogP contribution < -0.4 is 4.90 Å². The molecule has 0 aromatic carbocycles. The number of aromatic nitrogens is 2. The van der Waals surface area contributed by atoms with Crippen molar-refractivity contribution in [3.05, 3.63) is 16.6 Å². The zero-order valence-corrected chi connectivity index (χ0v) is 6.43. The molecular formula is C6H5N3O4. The molecule has 0 amide bonds. The molecule has 0 saturated heterocycles. The average Bonchev–Trinajstić information content (AvgIpc) is 2.50. The molecule has 1 N–H and O–H groups in total. The summed E-state index contributed by atoms with van der Waals surface area (Å²) in [6.07, 6.45) is 0.527. The molecule has 1 heterocycles. The molecule has 0 spiro atoms. The zero-order chi connectivity index (χ0) is 9.42. The number of carbonyl (C=O) groups is 1. The number of nitrogens with zero attached hydrogens (tertiary/aromatic N) is 3. The van der Waals surface area contributed by atoms with Crippen LogP contribution in [0.5, 0.6) is 0 Å². The quantitative estimate of drug-likeness (QED) is 0.324. The van der Waals surface area contributed by atoms with Gasteiger partial charge in [0.25, 0.3) is 11.5 Å². The Balaban J connectivity index is 2.52. The number of oxime groups is 1. The molecule has 0 aliphatic heterocycles. The first-order chi connectivity index (χ1) is 6.24. The van der Waals surface area contributed by atoms with E-state index in [2.05, 4.69) is 14.9 Å². The summed E-state index contributed by atoms with van der Waals surface area (Å²) in [6.45, 7) is 0. The van der Waals surface area contributed by atoms with Gasteiger partial charge in [0.1, 0.15) is 5.71 Å². The van der Waals surface area contributed by atoms with Crippen molar-refractivity contribution in [1.82, 2.24) is 5.16 Å². The predicted molar refractivity (Wildman–Crippen MR) is 37.3 cm³/mol. The van der Waals surface area contributed by atoms with E-state index in [1.807, 2.05) is 0 Å². The molecule has 0 fully saturated rings. The summed E-state index contributed by atoms with van der Waals surface area (Å²) >= 11 is 0. The van der Waals surface area contributed by atoms with E-state index in [0.717, 1.165) is 0 Å². The van der Waals surface area contributed by atoms with Crippen molar-refractivity contribution < 1.29 is 19.5 Å². The van der Waals surface area contributed by atoms with E-state index in [1.54, 1.807) is 0 Å². The van der Waals surface area contributed by atoms with Crippen molar-refractivity contribution in [3.8, 4) is 0 Å². The third-order valence-electron chi connectivity index (χ3n) is 1.90. The van der Waals surface area contributed by atoms with Crippen molar-refractivity contribution >= 4 is 11.5 Å². The van der Waals surface area contributed by atoms with Crippen LogP contribution in [0.1, 0.15) is 22.6 Å². The molecule has 0 unspecified atom stereocenters. The van der Waals surface area contributed by atoms with Crippen LogP contribution in [0.4, 0.5) is 0 Å². The van der Waals surface area contributed by atoms with Gasteiger partial charge < -0.3 is 10.4 Å². The molecule has 1 aromatic heterocycles. The maximum atomic E-state index is 11.3. The van der Waals surface area contributed by atoms with Crippen LogP contribution in [-0.4, -0.2) is 21.9 Å². The monoisotopic (exact) mass is 183 g/mol. The number of carbonyl (C=O) groups excluding carboxylic acids is 1. The fourth-order valence-corrected chi connectivity index (χ4v) is 1.23. The van der Waals surface area contributed by atoms with E-state index >= 15 is 0 Å². The molecule has 2 rings (SSSR count). The fraction of sp³-hybridized carbons (Fsp3) is 0.333. The molecule has 1 aliphatic rings. The first-order valence-electron chi connectivity index (χ1n) is 3.58. The maximum absolute atomic E-state index is 11.3. The Labute approximate surface area is 71.8 Å². The molecule has 0 radical (unpaired) electrons. The van der Waals surface area contributed by atoms with Gasteiger partial charge >= 0.3 is 0 Å². The number of ketones is 1. The van der Waals surface area contributed by atoms with E-state index in [1.165, 1.54) is 0 Å². The third kappa shape index (κ3) is 0.968. The largest absolute Gasteiger partial charge is 0.411 e. The minimum atomic E-state index is -0.554. The number of hydrogen-bond acceptors (Lipinski definition) is 6. The lowest BCUT2D eigenvalue weighted by atomic mass is 9.98. The Morgan fingerprint density at radius 1 is 1.62 bits per heavy atom. The van der Waals surface area contributed by atoms with E-state index in [4.69, 9.17) is 5.21 Å². The highest BCUT2D eigenvalue weighted by atomic mass is 16.8. The Bertz CT molecular complexity index is 395. The molecule has 1 aromatic rings. The second-order valence-electron chi connectivity index (χ2n) is 2.60. The average molecular weight is 183 g/mol. The molecule has 7 heteroatoms. The lowest BCUT2D eigenvalue weighted by molar-refractivity contribution is -0.807. The van der Waals surface area contributed by atoms with Gasteiger partial charge in [-0.3, -0.25) is 9.42 Å². The Hall–Kier alpha value is -1.92. The van der Waals surface area contributed by atoms with E-state index < -0.39 is 5.78 Å². The number of rotatable bonds is 0. The van der Waals surface area contributed by atoms with Gasteiger partial charge in [-0.15, -0.1) is 0 Å². The normalized spacial score (nSPS) is 19.1. The highest BCUT2D eigenvalue weighted by Gasteiger charge is 2.34. The Morgan fingerprint density at radius 3 is 3.08 bits per heavy atom. The van der Waals surface area contributed by atoms with Gasteiger partial charge in [0.05, 0.1) is 5.16 Å². The SMILES string of the molecule is O=C1/C(=N/O)CCc2c1no[n+]2[O-]. The number of fused-ring (bicyclic) bond motifs is 1. The van der Waals surface area contributed by atoms with Gasteiger partial charge in [0.15, 0.2) is 0 Å². The molecule has 7 nitrogen and oxygen atoms in total. The molecular weight excluding hydrogens is 178 g/mol. The van der Waals surface area contributed by atoms with Crippen LogP contribution in [0.25, 0.3) is 0 Å². The van der Waals surface area contributed by atoms with Crippen LogP contribution in [0.2, 0.25) is 0 Å². The van der Waals surface area contributed by atoms with Crippen molar-refractivity contribution in [2.24, 2.45) is 5.16 Å². The van der Waals surface area contributed by atoms with Crippen LogP contribution in [0, 0.1) is 5.21 Å². The van der Waals surface area contributed by atoms with Crippen molar-refractivity contribution in [1.29, 1.82) is 0 Å². The molecule has 0 atom stereocenters. The van der Waals surface area contributed by atoms with Gasteiger partial charge in [0.2, 0.25) is 5.69 Å². The summed E-state index contributed by atoms with van der Waals surface area (Å²) in [6, 6.07) is 0. The van der Waals surface area contributed by atoms with Crippen LogP contribution in [0.15, 0.2) is 9.78 Å². The standard InChI is InChI=1S/C6H5N3O4/c10-6-3(7-11)1-2-4-5(6)8-13-9(4)12/h11H,1-2H2/b7-3+. The van der Waals surface area contributed by atoms with E-state index in [-0.39, 0.29) is 28.4 Å². The summed E-state index contributed by atoms with van der Waals surface area (Å²) in [5.41, 5.74) is 0.132. The minimum Gasteiger partial charge on any atom is -0.411 e. The van der Waals surface area contributed by atoms with Crippen molar-refractivity contribution in [3.63, 3.8) is 0 Å². The summed E-state index contributed by atoms with van der Waals surface area (Å²) in [7, 11) is 0. The van der Waals surface area contributed by atoms with Gasteiger partial charge in [-0.2, -0.15) is 0 Å². The van der Waals surface area contributed by atoms with Crippen molar-refractivity contribution in [2.45, 2.75) is 12.8 Å². The predicted octanol–water partition coefficient (Wildman–Crippen LogP) is -0.733. The maximum Gasteiger partial charge on any atom is 0.293 e. The molecule has 1 aliphatic carbocycles. The molecule has 0 saturated carbocycles. The van der Waals surface area contributed by atoms with Crippen LogP contribution in [0.3, 0.4) is 0 Å². The summed E-state index contributed by atoms with van der Waals surface area (Å²) in [5.74, 6) is -0.554. The molecule has 68 valence electrons. The lowest BCUT2D eigenvalue weighted by Crippen LogP contribution is -2.33. The second-order valence-corrected chi connectivity index (χ2v) is 2.60. The van der Waals surface area contributed by atoms with Crippen LogP contribution in [-0.2, 0) is 6.42 Å². The molecule has 0 bridgehead atoms. The van der Waals surface area contributed by atoms with Gasteiger partial charge in [0, 0.05) is 12.8 Å². The van der Waals surface area contributed by atoms with Crippen LogP contribution >= 0.6 is 0 Å². The lowest BCUT2D eigenvalue weighted by Gasteiger charge is -2.04. The zero-order valence-electron chi connectivity index (χ0n) is 6.43. The third-order valence-corrected chi connectivity index (χ3v) is 1.90. The summed E-state index contributed by atoms with van der Waals surface area (Å²) in [5, 5.41) is 25.3. The van der Waals surface area contributed by atoms with Crippen molar-refractivity contribution in [2.75, 3.05) is 0 Å². The first kappa shape index (κ1) is 7.71. The Morgan fingerprint density at radius 2 is 2.38 bits per heavy atom. The highest BCUT2D eigenvalue weighted by Crippen LogP contribution is 2.14. The summed E-state index contributed by atoms with van der Waals surface area (Å²) in [4.78, 5) is 11.5. The summed E-state index contributed by atoms with van der Waals surface area (Å²) < 4.78 is 4.23. The smallest absolute Gasteiger partial charge is 0.293 e. The minimum absolute atomic E-state index is 0.00130. The van der Waals surface area contributed by atoms with Gasteiger partial charge in [-0.05, 0) is 4.90 Å². The fourth-order valence-electron chi connectivity index (χ4n) is 1.23. The van der Waals surface area contributed by atoms with E-state index in [0.29, 0.717) is 6.42 Å². The number of Topliss-reactive ketones (excluding diaryl/α,β-unsaturated/α-hetero) is 1. The highest BCUT2D eigenvalue weighted by molar-refractivity contribution is 6.46. The Kier molecular flexibility index (Phi) is 1.51. The topological polar surface area (TPSA) is 103 Å². The van der Waals surface area contributed by atoms with Gasteiger partial charge in [-0.25, -0.2) is 0 Å². The van der Waals surface area contributed by atoms with Gasteiger partial charge in [-0.1, -0.05) is 5.16 Å². The molecule has 13 heavy (non-hydrogen) atoms. The first-order valence-corrected chi connectivity index (χ1v) is 3.58. The van der Waals surface area contributed by atoms with E-state index in [9.17, 15) is 10.0 Å².